The smallest absolute Gasteiger partial charge is 0.165 e. The van der Waals surface area contributed by atoms with E-state index in [0.717, 1.165) is 5.56 Å². The SMILES string of the molecule is COc1ccc(C(C)NC2CCC(C)(C)CC2)cc1F. The van der Waals surface area contributed by atoms with Crippen molar-refractivity contribution in [1.82, 2.24) is 5.32 Å². The van der Waals surface area contributed by atoms with Gasteiger partial charge in [0.15, 0.2) is 11.6 Å². The highest BCUT2D eigenvalue weighted by atomic mass is 19.1. The van der Waals surface area contributed by atoms with E-state index in [2.05, 4.69) is 26.1 Å². The molecular formula is C17H26FNO. The van der Waals surface area contributed by atoms with E-state index in [-0.39, 0.29) is 11.9 Å². The Labute approximate surface area is 121 Å². The van der Waals surface area contributed by atoms with Crippen LogP contribution in [0, 0.1) is 11.2 Å². The fraction of sp³-hybridized carbons (Fsp3) is 0.647. The lowest BCUT2D eigenvalue weighted by Crippen LogP contribution is -2.37. The van der Waals surface area contributed by atoms with Crippen molar-refractivity contribution in [2.45, 2.75) is 58.5 Å². The second-order valence-electron chi connectivity index (χ2n) is 6.72. The maximum Gasteiger partial charge on any atom is 0.165 e. The van der Waals surface area contributed by atoms with Gasteiger partial charge < -0.3 is 10.1 Å². The standard InChI is InChI=1S/C17H26FNO/c1-12(13-5-6-16(20-4)15(18)11-13)19-14-7-9-17(2,3)10-8-14/h5-6,11-12,14,19H,7-10H2,1-4H3. The first-order valence-corrected chi connectivity index (χ1v) is 7.51. The third-order valence-electron chi connectivity index (χ3n) is 4.50. The quantitative estimate of drug-likeness (QED) is 0.879. The Morgan fingerprint density at radius 1 is 1.30 bits per heavy atom. The van der Waals surface area contributed by atoms with Crippen molar-refractivity contribution in [3.63, 3.8) is 0 Å². The van der Waals surface area contributed by atoms with Crippen LogP contribution in [-0.4, -0.2) is 13.2 Å². The van der Waals surface area contributed by atoms with Crippen LogP contribution in [0.5, 0.6) is 5.75 Å². The zero-order valence-corrected chi connectivity index (χ0v) is 13.0. The summed E-state index contributed by atoms with van der Waals surface area (Å²) in [7, 11) is 1.49. The molecule has 0 radical (unpaired) electrons. The van der Waals surface area contributed by atoms with Gasteiger partial charge in [-0.15, -0.1) is 0 Å². The molecule has 2 rings (SSSR count). The highest BCUT2D eigenvalue weighted by molar-refractivity contribution is 5.30. The van der Waals surface area contributed by atoms with Gasteiger partial charge in [-0.25, -0.2) is 4.39 Å². The summed E-state index contributed by atoms with van der Waals surface area (Å²) < 4.78 is 18.7. The third kappa shape index (κ3) is 3.72. The molecule has 2 nitrogen and oxygen atoms in total. The third-order valence-corrected chi connectivity index (χ3v) is 4.50. The summed E-state index contributed by atoms with van der Waals surface area (Å²) >= 11 is 0. The van der Waals surface area contributed by atoms with Crippen molar-refractivity contribution in [3.05, 3.63) is 29.6 Å². The number of rotatable bonds is 4. The maximum absolute atomic E-state index is 13.7. The van der Waals surface area contributed by atoms with Crippen LogP contribution >= 0.6 is 0 Å². The van der Waals surface area contributed by atoms with E-state index < -0.39 is 0 Å². The lowest BCUT2D eigenvalue weighted by Gasteiger charge is -2.36. The monoisotopic (exact) mass is 279 g/mol. The van der Waals surface area contributed by atoms with Crippen molar-refractivity contribution in [2.75, 3.05) is 7.11 Å². The Bertz CT molecular complexity index is 448. The first kappa shape index (κ1) is 15.3. The van der Waals surface area contributed by atoms with Crippen molar-refractivity contribution in [3.8, 4) is 5.75 Å². The summed E-state index contributed by atoms with van der Waals surface area (Å²) in [5.74, 6) is 0.0174. The predicted molar refractivity (Wildman–Crippen MR) is 80.5 cm³/mol. The van der Waals surface area contributed by atoms with E-state index in [9.17, 15) is 4.39 Å². The first-order valence-electron chi connectivity index (χ1n) is 7.51. The number of ether oxygens (including phenoxy) is 1. The Morgan fingerprint density at radius 2 is 1.95 bits per heavy atom. The van der Waals surface area contributed by atoms with Gasteiger partial charge in [0.2, 0.25) is 0 Å². The zero-order valence-electron chi connectivity index (χ0n) is 13.0. The van der Waals surface area contributed by atoms with Crippen LogP contribution < -0.4 is 10.1 Å². The van der Waals surface area contributed by atoms with E-state index in [1.807, 2.05) is 6.07 Å². The summed E-state index contributed by atoms with van der Waals surface area (Å²) in [6.07, 6.45) is 4.93. The molecule has 112 valence electrons. The Balaban J connectivity index is 1.95. The predicted octanol–water partition coefficient (Wildman–Crippen LogP) is 4.45. The van der Waals surface area contributed by atoms with Gasteiger partial charge in [0, 0.05) is 12.1 Å². The van der Waals surface area contributed by atoms with Gasteiger partial charge in [-0.1, -0.05) is 19.9 Å². The molecule has 1 saturated carbocycles. The highest BCUT2D eigenvalue weighted by Crippen LogP contribution is 2.35. The lowest BCUT2D eigenvalue weighted by molar-refractivity contribution is 0.200. The first-order chi connectivity index (χ1) is 9.41. The normalized spacial score (nSPS) is 20.6. The number of halogens is 1. The summed E-state index contributed by atoms with van der Waals surface area (Å²) in [6.45, 7) is 6.78. The average Bonchev–Trinajstić information content (AvgIpc) is 2.41. The van der Waals surface area contributed by atoms with Crippen LogP contribution in [0.1, 0.15) is 58.1 Å². The molecule has 3 heteroatoms. The second kappa shape index (κ2) is 6.13. The van der Waals surface area contributed by atoms with Gasteiger partial charge >= 0.3 is 0 Å². The number of nitrogens with one attached hydrogen (secondary N) is 1. The number of hydrogen-bond donors (Lipinski definition) is 1. The Morgan fingerprint density at radius 3 is 2.50 bits per heavy atom. The molecule has 1 atom stereocenters. The molecule has 0 heterocycles. The minimum Gasteiger partial charge on any atom is -0.494 e. The molecule has 1 N–H and O–H groups in total. The Hall–Kier alpha value is -1.09. The van der Waals surface area contributed by atoms with Crippen LogP contribution in [0.2, 0.25) is 0 Å². The second-order valence-corrected chi connectivity index (χ2v) is 6.72. The van der Waals surface area contributed by atoms with Crippen molar-refractivity contribution >= 4 is 0 Å². The summed E-state index contributed by atoms with van der Waals surface area (Å²) in [6, 6.07) is 5.92. The van der Waals surface area contributed by atoms with Crippen LogP contribution in [0.25, 0.3) is 0 Å². The number of methoxy groups -OCH3 is 1. The minimum atomic E-state index is -0.288. The van der Waals surface area contributed by atoms with Crippen LogP contribution in [0.3, 0.4) is 0 Å². The molecule has 0 bridgehead atoms. The molecule has 1 aromatic rings. The molecule has 1 aromatic carbocycles. The summed E-state index contributed by atoms with van der Waals surface area (Å²) in [4.78, 5) is 0. The van der Waals surface area contributed by atoms with Crippen LogP contribution in [0.4, 0.5) is 4.39 Å². The van der Waals surface area contributed by atoms with Gasteiger partial charge in [0.1, 0.15) is 0 Å². The fourth-order valence-corrected chi connectivity index (χ4v) is 2.97. The van der Waals surface area contributed by atoms with Crippen LogP contribution in [0.15, 0.2) is 18.2 Å². The van der Waals surface area contributed by atoms with Crippen molar-refractivity contribution in [2.24, 2.45) is 5.41 Å². The molecule has 0 spiro atoms. The van der Waals surface area contributed by atoms with Gasteiger partial charge in [-0.05, 0) is 55.7 Å². The molecule has 1 unspecified atom stereocenters. The van der Waals surface area contributed by atoms with Crippen LogP contribution in [-0.2, 0) is 0 Å². The highest BCUT2D eigenvalue weighted by Gasteiger charge is 2.27. The maximum atomic E-state index is 13.7. The molecule has 0 saturated heterocycles. The Kier molecular flexibility index (Phi) is 4.69. The molecule has 1 aliphatic carbocycles. The van der Waals surface area contributed by atoms with E-state index in [4.69, 9.17) is 4.74 Å². The van der Waals surface area contributed by atoms with E-state index in [1.165, 1.54) is 32.8 Å². The van der Waals surface area contributed by atoms with Gasteiger partial charge in [-0.3, -0.25) is 0 Å². The molecule has 0 aliphatic heterocycles. The van der Waals surface area contributed by atoms with E-state index in [0.29, 0.717) is 17.2 Å². The molecule has 20 heavy (non-hydrogen) atoms. The molecule has 0 amide bonds. The fourth-order valence-electron chi connectivity index (χ4n) is 2.97. The summed E-state index contributed by atoms with van der Waals surface area (Å²) in [5.41, 5.74) is 1.46. The van der Waals surface area contributed by atoms with E-state index in [1.54, 1.807) is 12.1 Å². The molecule has 1 aliphatic rings. The minimum absolute atomic E-state index is 0.168. The van der Waals surface area contributed by atoms with E-state index >= 15 is 0 Å². The van der Waals surface area contributed by atoms with Crippen molar-refractivity contribution in [1.29, 1.82) is 0 Å². The molecular weight excluding hydrogens is 253 g/mol. The van der Waals surface area contributed by atoms with Crippen molar-refractivity contribution < 1.29 is 9.13 Å². The van der Waals surface area contributed by atoms with Gasteiger partial charge in [0.25, 0.3) is 0 Å². The average molecular weight is 279 g/mol. The largest absolute Gasteiger partial charge is 0.494 e. The molecule has 0 aromatic heterocycles. The number of hydrogen-bond acceptors (Lipinski definition) is 2. The van der Waals surface area contributed by atoms with Gasteiger partial charge in [-0.2, -0.15) is 0 Å². The topological polar surface area (TPSA) is 21.3 Å². The summed E-state index contributed by atoms with van der Waals surface area (Å²) in [5, 5.41) is 3.63. The molecule has 1 fully saturated rings. The van der Waals surface area contributed by atoms with Gasteiger partial charge in [0.05, 0.1) is 7.11 Å². The number of benzene rings is 1. The zero-order chi connectivity index (χ0) is 14.8. The lowest BCUT2D eigenvalue weighted by atomic mass is 9.75.